The summed E-state index contributed by atoms with van der Waals surface area (Å²) in [5, 5.41) is 10.4. The largest absolute Gasteiger partial charge is 0.494 e. The van der Waals surface area contributed by atoms with E-state index in [1.165, 1.54) is 19.2 Å². The van der Waals surface area contributed by atoms with Crippen LogP contribution in [0.5, 0.6) is 5.75 Å². The Kier molecular flexibility index (Phi) is 3.24. The topological polar surface area (TPSA) is 114 Å². The third kappa shape index (κ3) is 2.41. The Morgan fingerprint density at radius 1 is 1.33 bits per heavy atom. The summed E-state index contributed by atoms with van der Waals surface area (Å²) >= 11 is 0. The van der Waals surface area contributed by atoms with Crippen molar-refractivity contribution >= 4 is 28.5 Å². The molecular weight excluding hydrogens is 277 g/mol. The number of hydrazine groups is 1. The highest BCUT2D eigenvalue weighted by Gasteiger charge is 2.10. The highest BCUT2D eigenvalue weighted by Crippen LogP contribution is 2.27. The van der Waals surface area contributed by atoms with Gasteiger partial charge in [-0.3, -0.25) is 10.5 Å². The van der Waals surface area contributed by atoms with E-state index in [-0.39, 0.29) is 11.7 Å². The molecule has 108 valence electrons. The lowest BCUT2D eigenvalue weighted by Crippen LogP contribution is -2.11. The molecule has 5 N–H and O–H groups in total. The van der Waals surface area contributed by atoms with E-state index in [1.54, 1.807) is 12.3 Å². The van der Waals surface area contributed by atoms with Crippen LogP contribution in [0.1, 0.15) is 0 Å². The van der Waals surface area contributed by atoms with Gasteiger partial charge in [0, 0.05) is 11.8 Å². The average molecular weight is 289 g/mol. The van der Waals surface area contributed by atoms with Crippen LogP contribution in [0.4, 0.5) is 21.8 Å². The third-order valence-electron chi connectivity index (χ3n) is 2.85. The number of halogens is 1. The van der Waals surface area contributed by atoms with Crippen LogP contribution < -0.4 is 21.3 Å². The molecule has 0 fully saturated rings. The summed E-state index contributed by atoms with van der Waals surface area (Å²) in [6.07, 6.45) is 1.58. The summed E-state index contributed by atoms with van der Waals surface area (Å²) in [5.74, 6) is 5.73. The molecule has 0 amide bonds. The number of rotatable bonds is 4. The van der Waals surface area contributed by atoms with E-state index in [1.807, 2.05) is 0 Å². The Bertz CT molecular complexity index is 788. The molecule has 3 aromatic rings. The number of nitrogens with zero attached hydrogens (tertiary/aromatic N) is 3. The number of fused-ring (bicyclic) bond motifs is 1. The molecule has 1 aromatic carbocycles. The second-order valence-electron chi connectivity index (χ2n) is 4.15. The van der Waals surface area contributed by atoms with Crippen LogP contribution in [0.15, 0.2) is 24.4 Å². The zero-order valence-electron chi connectivity index (χ0n) is 11.0. The van der Waals surface area contributed by atoms with Crippen LogP contribution in [-0.4, -0.2) is 27.3 Å². The molecule has 0 unspecified atom stereocenters. The number of nitrogens with one attached hydrogen (secondary N) is 3. The van der Waals surface area contributed by atoms with Crippen molar-refractivity contribution in [1.82, 2.24) is 20.2 Å². The third-order valence-corrected chi connectivity index (χ3v) is 2.85. The first kappa shape index (κ1) is 13.1. The van der Waals surface area contributed by atoms with Crippen LogP contribution in [0.3, 0.4) is 0 Å². The van der Waals surface area contributed by atoms with Gasteiger partial charge >= 0.3 is 0 Å². The first-order chi connectivity index (χ1) is 10.2. The quantitative estimate of drug-likeness (QED) is 0.425. The van der Waals surface area contributed by atoms with E-state index >= 15 is 0 Å². The zero-order chi connectivity index (χ0) is 14.8. The Labute approximate surface area is 118 Å². The van der Waals surface area contributed by atoms with Crippen molar-refractivity contribution in [1.29, 1.82) is 0 Å². The van der Waals surface area contributed by atoms with Gasteiger partial charge in [-0.05, 0) is 12.1 Å². The normalized spacial score (nSPS) is 10.6. The number of anilines is 3. The first-order valence-corrected chi connectivity index (χ1v) is 5.99. The minimum Gasteiger partial charge on any atom is -0.494 e. The molecule has 0 atom stereocenters. The van der Waals surface area contributed by atoms with Crippen molar-refractivity contribution in [3.8, 4) is 5.75 Å². The Balaban J connectivity index is 2.03. The molecular formula is C12H12FN7O. The van der Waals surface area contributed by atoms with Crippen molar-refractivity contribution < 1.29 is 9.13 Å². The Hall–Kier alpha value is -2.94. The molecule has 9 heteroatoms. The number of nitrogen functional groups attached to an aromatic ring is 1. The van der Waals surface area contributed by atoms with Crippen LogP contribution >= 0.6 is 0 Å². The fourth-order valence-electron chi connectivity index (χ4n) is 1.87. The molecule has 0 saturated carbocycles. The zero-order valence-corrected chi connectivity index (χ0v) is 11.0. The van der Waals surface area contributed by atoms with E-state index in [0.29, 0.717) is 22.5 Å². The van der Waals surface area contributed by atoms with Gasteiger partial charge < -0.3 is 10.1 Å². The Morgan fingerprint density at radius 3 is 2.95 bits per heavy atom. The fourth-order valence-corrected chi connectivity index (χ4v) is 1.87. The van der Waals surface area contributed by atoms with E-state index in [0.717, 1.165) is 0 Å². The molecule has 0 saturated heterocycles. The van der Waals surface area contributed by atoms with Gasteiger partial charge in [-0.25, -0.2) is 10.2 Å². The summed E-state index contributed by atoms with van der Waals surface area (Å²) in [4.78, 5) is 8.33. The van der Waals surface area contributed by atoms with Gasteiger partial charge in [-0.1, -0.05) is 0 Å². The predicted molar refractivity (Wildman–Crippen MR) is 75.7 cm³/mol. The summed E-state index contributed by atoms with van der Waals surface area (Å²) in [6.45, 7) is 0. The van der Waals surface area contributed by atoms with Gasteiger partial charge in [0.1, 0.15) is 5.82 Å². The van der Waals surface area contributed by atoms with E-state index in [2.05, 4.69) is 30.9 Å². The predicted octanol–water partition coefficient (Wildman–Crippen LogP) is 1.53. The molecule has 2 heterocycles. The number of aromatic nitrogens is 4. The lowest BCUT2D eigenvalue weighted by atomic mass is 10.2. The second-order valence-corrected chi connectivity index (χ2v) is 4.15. The van der Waals surface area contributed by atoms with E-state index < -0.39 is 5.82 Å². The highest BCUT2D eigenvalue weighted by molar-refractivity contribution is 5.89. The number of ether oxygens (including phenoxy) is 1. The molecule has 0 radical (unpaired) electrons. The second kappa shape index (κ2) is 5.21. The molecule has 2 aromatic heterocycles. The number of benzene rings is 1. The van der Waals surface area contributed by atoms with Crippen molar-refractivity contribution in [2.75, 3.05) is 17.9 Å². The smallest absolute Gasteiger partial charge is 0.241 e. The molecule has 0 bridgehead atoms. The summed E-state index contributed by atoms with van der Waals surface area (Å²) in [6, 6.07) is 4.40. The van der Waals surface area contributed by atoms with Crippen LogP contribution in [0.25, 0.3) is 11.0 Å². The average Bonchev–Trinajstić information content (AvgIpc) is 2.97. The standard InChI is InChI=1S/C12H12FN7O/c1-21-9-4-6(2-3-8(9)13)16-10-7-5-15-20-11(7)18-12(17-10)19-14/h2-5H,14H2,1H3,(H3,15,16,17,18,19,20). The van der Waals surface area contributed by atoms with E-state index in [4.69, 9.17) is 10.6 Å². The van der Waals surface area contributed by atoms with Crippen molar-refractivity contribution in [2.45, 2.75) is 0 Å². The number of H-pyrrole nitrogens is 1. The van der Waals surface area contributed by atoms with Gasteiger partial charge in [0.15, 0.2) is 17.2 Å². The van der Waals surface area contributed by atoms with Crippen molar-refractivity contribution in [3.05, 3.63) is 30.2 Å². The molecule has 0 aliphatic carbocycles. The number of aromatic amines is 1. The lowest BCUT2D eigenvalue weighted by molar-refractivity contribution is 0.387. The summed E-state index contributed by atoms with van der Waals surface area (Å²) in [7, 11) is 1.40. The number of methoxy groups -OCH3 is 1. The summed E-state index contributed by atoms with van der Waals surface area (Å²) < 4.78 is 18.4. The van der Waals surface area contributed by atoms with Crippen LogP contribution in [0.2, 0.25) is 0 Å². The van der Waals surface area contributed by atoms with Gasteiger partial charge in [-0.2, -0.15) is 15.1 Å². The molecule has 0 aliphatic heterocycles. The maximum absolute atomic E-state index is 13.4. The molecule has 3 rings (SSSR count). The molecule has 21 heavy (non-hydrogen) atoms. The monoisotopic (exact) mass is 289 g/mol. The molecule has 0 spiro atoms. The van der Waals surface area contributed by atoms with Gasteiger partial charge in [0.05, 0.1) is 18.7 Å². The van der Waals surface area contributed by atoms with E-state index in [9.17, 15) is 4.39 Å². The minimum absolute atomic E-state index is 0.134. The number of nitrogens with two attached hydrogens (primary N) is 1. The fraction of sp³-hybridized carbons (Fsp3) is 0.0833. The van der Waals surface area contributed by atoms with Gasteiger partial charge in [-0.15, -0.1) is 0 Å². The molecule has 8 nitrogen and oxygen atoms in total. The maximum atomic E-state index is 13.4. The van der Waals surface area contributed by atoms with Crippen molar-refractivity contribution in [3.63, 3.8) is 0 Å². The van der Waals surface area contributed by atoms with Gasteiger partial charge in [0.25, 0.3) is 0 Å². The van der Waals surface area contributed by atoms with Gasteiger partial charge in [0.2, 0.25) is 5.95 Å². The SMILES string of the molecule is COc1cc(Nc2nc(NN)nc3[nH]ncc23)ccc1F. The summed E-state index contributed by atoms with van der Waals surface area (Å²) in [5.41, 5.74) is 3.50. The Morgan fingerprint density at radius 2 is 2.19 bits per heavy atom. The maximum Gasteiger partial charge on any atom is 0.241 e. The number of hydrogen-bond donors (Lipinski definition) is 4. The van der Waals surface area contributed by atoms with Crippen LogP contribution in [-0.2, 0) is 0 Å². The highest BCUT2D eigenvalue weighted by atomic mass is 19.1. The first-order valence-electron chi connectivity index (χ1n) is 5.99. The number of hydrogen-bond acceptors (Lipinski definition) is 7. The van der Waals surface area contributed by atoms with Crippen LogP contribution in [0, 0.1) is 5.82 Å². The molecule has 0 aliphatic rings. The van der Waals surface area contributed by atoms with Crippen molar-refractivity contribution in [2.24, 2.45) is 5.84 Å². The lowest BCUT2D eigenvalue weighted by Gasteiger charge is -2.09. The minimum atomic E-state index is -0.441.